The summed E-state index contributed by atoms with van der Waals surface area (Å²) in [6.07, 6.45) is 0. The molecule has 0 fully saturated rings. The highest BCUT2D eigenvalue weighted by Crippen LogP contribution is 2.16. The maximum atomic E-state index is 8.95. The van der Waals surface area contributed by atoms with Gasteiger partial charge in [-0.05, 0) is 6.92 Å². The Hall–Kier alpha value is -1.58. The highest BCUT2D eigenvalue weighted by atomic mass is 16.5. The predicted molar refractivity (Wildman–Crippen MR) is 59.1 cm³/mol. The first-order valence-corrected chi connectivity index (χ1v) is 5.07. The molecule has 1 aromatic heterocycles. The van der Waals surface area contributed by atoms with Crippen LogP contribution in [0.15, 0.2) is 0 Å². The predicted octanol–water partition coefficient (Wildman–Crippen LogP) is 0.0210. The number of rotatable bonds is 6. The Morgan fingerprint density at radius 3 is 2.94 bits per heavy atom. The zero-order valence-corrected chi connectivity index (χ0v) is 9.53. The van der Waals surface area contributed by atoms with Crippen molar-refractivity contribution in [3.8, 4) is 6.07 Å². The van der Waals surface area contributed by atoms with Gasteiger partial charge < -0.3 is 15.2 Å². The van der Waals surface area contributed by atoms with Gasteiger partial charge in [0.2, 0.25) is 0 Å². The van der Waals surface area contributed by atoms with Gasteiger partial charge >= 0.3 is 0 Å². The standard InChI is InChI=1S/C10H16N4O2/c1-8-9(7-11)10(14(2)13-8)12-3-5-16-6-4-15/h12,15H,3-6H2,1-2H3. The van der Waals surface area contributed by atoms with Crippen LogP contribution in [-0.2, 0) is 11.8 Å². The van der Waals surface area contributed by atoms with E-state index in [2.05, 4.69) is 16.5 Å². The van der Waals surface area contributed by atoms with Gasteiger partial charge in [0.25, 0.3) is 0 Å². The molecule has 0 saturated heterocycles. The summed E-state index contributed by atoms with van der Waals surface area (Å²) in [5.74, 6) is 0.701. The smallest absolute Gasteiger partial charge is 0.142 e. The van der Waals surface area contributed by atoms with Crippen molar-refractivity contribution in [3.05, 3.63) is 11.3 Å². The molecule has 2 N–H and O–H groups in total. The minimum Gasteiger partial charge on any atom is -0.394 e. The van der Waals surface area contributed by atoms with Gasteiger partial charge in [0, 0.05) is 13.6 Å². The second-order valence-electron chi connectivity index (χ2n) is 3.31. The molecule has 88 valence electrons. The van der Waals surface area contributed by atoms with Gasteiger partial charge in [0.1, 0.15) is 17.5 Å². The van der Waals surface area contributed by atoms with Crippen molar-refractivity contribution >= 4 is 5.82 Å². The molecule has 0 aliphatic carbocycles. The monoisotopic (exact) mass is 224 g/mol. The number of aromatic nitrogens is 2. The maximum absolute atomic E-state index is 8.95. The Labute approximate surface area is 94.4 Å². The molecular weight excluding hydrogens is 208 g/mol. The second-order valence-corrected chi connectivity index (χ2v) is 3.31. The van der Waals surface area contributed by atoms with Crippen LogP contribution in [0, 0.1) is 18.3 Å². The lowest BCUT2D eigenvalue weighted by atomic mass is 10.2. The van der Waals surface area contributed by atoms with Gasteiger partial charge in [0.15, 0.2) is 0 Å². The van der Waals surface area contributed by atoms with E-state index in [4.69, 9.17) is 15.1 Å². The SMILES string of the molecule is Cc1nn(C)c(NCCOCCO)c1C#N. The van der Waals surface area contributed by atoms with Gasteiger partial charge in [-0.2, -0.15) is 10.4 Å². The molecule has 0 unspecified atom stereocenters. The molecule has 0 aliphatic rings. The number of aryl methyl sites for hydroxylation is 2. The molecule has 0 saturated carbocycles. The summed E-state index contributed by atoms with van der Waals surface area (Å²) in [4.78, 5) is 0. The zero-order valence-electron chi connectivity index (χ0n) is 9.53. The van der Waals surface area contributed by atoms with E-state index in [0.29, 0.717) is 36.8 Å². The van der Waals surface area contributed by atoms with Crippen molar-refractivity contribution < 1.29 is 9.84 Å². The summed E-state index contributed by atoms with van der Waals surface area (Å²) in [5, 5.41) is 24.7. The van der Waals surface area contributed by atoms with Crippen molar-refractivity contribution in [1.29, 1.82) is 5.26 Å². The van der Waals surface area contributed by atoms with Crippen molar-refractivity contribution in [1.82, 2.24) is 9.78 Å². The van der Waals surface area contributed by atoms with Crippen molar-refractivity contribution in [2.24, 2.45) is 7.05 Å². The minimum atomic E-state index is 0.0221. The molecule has 6 nitrogen and oxygen atoms in total. The quantitative estimate of drug-likeness (QED) is 0.666. The van der Waals surface area contributed by atoms with E-state index in [1.54, 1.807) is 18.7 Å². The van der Waals surface area contributed by atoms with Crippen LogP contribution in [0.3, 0.4) is 0 Å². The number of nitriles is 1. The van der Waals surface area contributed by atoms with E-state index < -0.39 is 0 Å². The Kier molecular flexibility index (Phi) is 4.76. The van der Waals surface area contributed by atoms with E-state index >= 15 is 0 Å². The lowest BCUT2D eigenvalue weighted by Crippen LogP contribution is -2.14. The molecular formula is C10H16N4O2. The number of nitrogens with zero attached hydrogens (tertiary/aromatic N) is 3. The lowest BCUT2D eigenvalue weighted by molar-refractivity contribution is 0.0991. The molecule has 0 atom stereocenters. The number of anilines is 1. The highest BCUT2D eigenvalue weighted by molar-refractivity contribution is 5.54. The number of hydrogen-bond acceptors (Lipinski definition) is 5. The fourth-order valence-corrected chi connectivity index (χ4v) is 1.40. The van der Waals surface area contributed by atoms with E-state index in [1.165, 1.54) is 0 Å². The van der Waals surface area contributed by atoms with Gasteiger partial charge in [-0.3, -0.25) is 4.68 Å². The molecule has 16 heavy (non-hydrogen) atoms. The molecule has 0 radical (unpaired) electrons. The van der Waals surface area contributed by atoms with Gasteiger partial charge in [0.05, 0.1) is 25.5 Å². The summed E-state index contributed by atoms with van der Waals surface area (Å²) in [6.45, 7) is 3.21. The number of aliphatic hydroxyl groups is 1. The molecule has 1 rings (SSSR count). The van der Waals surface area contributed by atoms with Gasteiger partial charge in [-0.25, -0.2) is 0 Å². The highest BCUT2D eigenvalue weighted by Gasteiger charge is 2.11. The zero-order chi connectivity index (χ0) is 12.0. The average molecular weight is 224 g/mol. The fourth-order valence-electron chi connectivity index (χ4n) is 1.40. The molecule has 0 amide bonds. The van der Waals surface area contributed by atoms with Gasteiger partial charge in [-0.15, -0.1) is 0 Å². The van der Waals surface area contributed by atoms with Crippen LogP contribution in [-0.4, -0.2) is 41.3 Å². The first kappa shape index (κ1) is 12.5. The van der Waals surface area contributed by atoms with Crippen LogP contribution in [0.4, 0.5) is 5.82 Å². The Morgan fingerprint density at radius 1 is 1.56 bits per heavy atom. The molecule has 0 aromatic carbocycles. The molecule has 6 heteroatoms. The molecule has 0 spiro atoms. The van der Waals surface area contributed by atoms with Crippen LogP contribution >= 0.6 is 0 Å². The first-order chi connectivity index (χ1) is 7.70. The largest absolute Gasteiger partial charge is 0.394 e. The number of hydrogen-bond donors (Lipinski definition) is 2. The molecule has 1 aromatic rings. The fraction of sp³-hybridized carbons (Fsp3) is 0.600. The summed E-state index contributed by atoms with van der Waals surface area (Å²) < 4.78 is 6.74. The summed E-state index contributed by atoms with van der Waals surface area (Å²) in [7, 11) is 1.78. The van der Waals surface area contributed by atoms with Crippen LogP contribution in [0.25, 0.3) is 0 Å². The van der Waals surface area contributed by atoms with E-state index in [-0.39, 0.29) is 6.61 Å². The van der Waals surface area contributed by atoms with Crippen LogP contribution < -0.4 is 5.32 Å². The summed E-state index contributed by atoms with van der Waals surface area (Å²) in [5.41, 5.74) is 1.27. The third kappa shape index (κ3) is 2.95. The third-order valence-electron chi connectivity index (χ3n) is 2.11. The molecule has 1 heterocycles. The second kappa shape index (κ2) is 6.10. The van der Waals surface area contributed by atoms with Gasteiger partial charge in [-0.1, -0.05) is 0 Å². The van der Waals surface area contributed by atoms with E-state index in [9.17, 15) is 0 Å². The average Bonchev–Trinajstić information content (AvgIpc) is 2.53. The summed E-state index contributed by atoms with van der Waals surface area (Å²) in [6, 6.07) is 2.11. The number of ether oxygens (including phenoxy) is 1. The lowest BCUT2D eigenvalue weighted by Gasteiger charge is -2.07. The van der Waals surface area contributed by atoms with E-state index in [1.807, 2.05) is 0 Å². The minimum absolute atomic E-state index is 0.0221. The summed E-state index contributed by atoms with van der Waals surface area (Å²) >= 11 is 0. The maximum Gasteiger partial charge on any atom is 0.142 e. The van der Waals surface area contributed by atoms with E-state index in [0.717, 1.165) is 0 Å². The molecule has 0 bridgehead atoms. The van der Waals surface area contributed by atoms with Crippen LogP contribution in [0.1, 0.15) is 11.3 Å². The Morgan fingerprint density at radius 2 is 2.31 bits per heavy atom. The van der Waals surface area contributed by atoms with Crippen molar-refractivity contribution in [2.45, 2.75) is 6.92 Å². The van der Waals surface area contributed by atoms with Crippen molar-refractivity contribution in [3.63, 3.8) is 0 Å². The number of aliphatic hydroxyl groups excluding tert-OH is 1. The van der Waals surface area contributed by atoms with Crippen LogP contribution in [0.2, 0.25) is 0 Å². The number of nitrogens with one attached hydrogen (secondary N) is 1. The topological polar surface area (TPSA) is 83.1 Å². The normalized spacial score (nSPS) is 10.1. The Balaban J connectivity index is 2.51. The van der Waals surface area contributed by atoms with Crippen LogP contribution in [0.5, 0.6) is 0 Å². The first-order valence-electron chi connectivity index (χ1n) is 5.07. The van der Waals surface area contributed by atoms with Crippen molar-refractivity contribution in [2.75, 3.05) is 31.7 Å². The Bertz CT molecular complexity index is 381. The third-order valence-corrected chi connectivity index (χ3v) is 2.11. The molecule has 0 aliphatic heterocycles.